The first kappa shape index (κ1) is 40.0. The van der Waals surface area contributed by atoms with E-state index in [9.17, 15) is 14.4 Å². The van der Waals surface area contributed by atoms with Gasteiger partial charge in [-0.2, -0.15) is 0 Å². The van der Waals surface area contributed by atoms with Crippen LogP contribution < -0.4 is 10.6 Å². The molecule has 13 heteroatoms. The van der Waals surface area contributed by atoms with Crippen molar-refractivity contribution in [2.45, 2.75) is 83.0 Å². The van der Waals surface area contributed by atoms with Crippen molar-refractivity contribution in [2.24, 2.45) is 23.7 Å². The zero-order chi connectivity index (χ0) is 41.2. The van der Waals surface area contributed by atoms with Gasteiger partial charge < -0.3 is 35.0 Å². The molecule has 308 valence electrons. The van der Waals surface area contributed by atoms with Gasteiger partial charge in [-0.05, 0) is 90.7 Å². The number of methoxy groups -OCH3 is 2. The molecular formula is C46H54N8O5. The minimum absolute atomic E-state index is 0.0694. The topological polar surface area (TPSA) is 167 Å². The SMILES string of the molecule is COC(=O)N[C@H](C(=O)N1CCC[C@H]1c1ncc(-c2ccc(-c3ccc(-c4cnc([C@@H]5C6CCC(C6)[C@H]5C(=O)N[C@H](c5cccnc5)C(C)C)[nH]4)cc3)cc2)[nH]1)[C@@H](C)OC. The molecule has 3 fully saturated rings. The number of carbonyl (C=O) groups is 3. The molecule has 5 aromatic rings. The van der Waals surface area contributed by atoms with Gasteiger partial charge in [0.25, 0.3) is 0 Å². The molecule has 3 aromatic heterocycles. The van der Waals surface area contributed by atoms with E-state index in [1.807, 2.05) is 24.5 Å². The van der Waals surface area contributed by atoms with Crippen molar-refractivity contribution in [2.75, 3.05) is 20.8 Å². The number of imidazole rings is 2. The molecule has 0 radical (unpaired) electrons. The molecule has 2 saturated carbocycles. The number of aromatic amines is 2. The average Bonchev–Trinajstić information content (AvgIpc) is 4.13. The molecule has 2 aliphatic carbocycles. The lowest BCUT2D eigenvalue weighted by molar-refractivity contribution is -0.137. The van der Waals surface area contributed by atoms with Gasteiger partial charge in [0.1, 0.15) is 17.7 Å². The maximum Gasteiger partial charge on any atom is 0.407 e. The van der Waals surface area contributed by atoms with Crippen molar-refractivity contribution >= 4 is 17.9 Å². The van der Waals surface area contributed by atoms with Gasteiger partial charge in [-0.15, -0.1) is 0 Å². The van der Waals surface area contributed by atoms with E-state index in [1.165, 1.54) is 14.2 Å². The van der Waals surface area contributed by atoms with Gasteiger partial charge in [0.15, 0.2) is 0 Å². The Hall–Kier alpha value is -5.82. The summed E-state index contributed by atoms with van der Waals surface area (Å²) in [5, 5.41) is 6.04. The fraction of sp³-hybridized carbons (Fsp3) is 0.435. The Morgan fingerprint density at radius 3 is 2.02 bits per heavy atom. The Labute approximate surface area is 345 Å². The van der Waals surface area contributed by atoms with Gasteiger partial charge in [0.2, 0.25) is 11.8 Å². The number of ether oxygens (including phenoxy) is 2. The Kier molecular flexibility index (Phi) is 11.6. The predicted octanol–water partition coefficient (Wildman–Crippen LogP) is 7.60. The fourth-order valence-corrected chi connectivity index (χ4v) is 9.69. The molecule has 59 heavy (non-hydrogen) atoms. The lowest BCUT2D eigenvalue weighted by atomic mass is 9.78. The highest BCUT2D eigenvalue weighted by Crippen LogP contribution is 2.56. The summed E-state index contributed by atoms with van der Waals surface area (Å²) in [5.41, 5.74) is 7.02. The monoisotopic (exact) mass is 798 g/mol. The van der Waals surface area contributed by atoms with Crippen molar-refractivity contribution in [3.63, 3.8) is 0 Å². The van der Waals surface area contributed by atoms with E-state index < -0.39 is 18.2 Å². The van der Waals surface area contributed by atoms with Crippen molar-refractivity contribution < 1.29 is 23.9 Å². The summed E-state index contributed by atoms with van der Waals surface area (Å²) in [5.74, 6) is 2.51. The number of nitrogens with one attached hydrogen (secondary N) is 4. The summed E-state index contributed by atoms with van der Waals surface area (Å²) in [7, 11) is 2.77. The second kappa shape index (κ2) is 17.2. The van der Waals surface area contributed by atoms with Gasteiger partial charge in [-0.1, -0.05) is 68.4 Å². The smallest absolute Gasteiger partial charge is 0.407 e. The third kappa shape index (κ3) is 8.12. The van der Waals surface area contributed by atoms with E-state index in [2.05, 4.69) is 92.9 Å². The van der Waals surface area contributed by atoms with Gasteiger partial charge in [-0.25, -0.2) is 14.8 Å². The van der Waals surface area contributed by atoms with Crippen LogP contribution in [0.15, 0.2) is 85.5 Å². The average molecular weight is 799 g/mol. The molecule has 3 amide bonds. The van der Waals surface area contributed by atoms with Gasteiger partial charge in [0.05, 0.1) is 55.0 Å². The number of alkyl carbamates (subject to hydrolysis) is 1. The second-order valence-corrected chi connectivity index (χ2v) is 16.7. The zero-order valence-corrected chi connectivity index (χ0v) is 34.4. The highest BCUT2D eigenvalue weighted by Gasteiger charge is 2.52. The van der Waals surface area contributed by atoms with Crippen molar-refractivity contribution in [3.8, 4) is 33.6 Å². The summed E-state index contributed by atoms with van der Waals surface area (Å²) >= 11 is 0. The van der Waals surface area contributed by atoms with E-state index in [1.54, 1.807) is 24.2 Å². The van der Waals surface area contributed by atoms with Crippen LogP contribution in [0, 0.1) is 23.7 Å². The van der Waals surface area contributed by atoms with Crippen LogP contribution in [0.5, 0.6) is 0 Å². The molecule has 3 aliphatic rings. The third-order valence-corrected chi connectivity index (χ3v) is 12.9. The standard InChI is InChI=1S/C46H54N8O5/c1-26(2)40(34-8-6-20-47-23-34)52-44(55)39-33-19-18-32(22-33)38(39)43-49-25-36(51-43)31-16-12-29(13-17-31)28-10-14-30(15-11-28)35-24-48-42(50-35)37-9-7-21-54(37)45(56)41(27(3)58-4)53-46(57)59-5/h6,8,10-17,20,23-27,32-33,37-41H,7,9,18-19,21-22H2,1-5H3,(H,48,50)(H,49,51)(H,52,55)(H,53,57)/t27-,32?,33?,37+,38-,39-,40+,41+/m1/s1. The number of nitrogens with zero attached hydrogens (tertiary/aromatic N) is 4. The molecule has 4 heterocycles. The summed E-state index contributed by atoms with van der Waals surface area (Å²) in [6.45, 7) is 6.57. The minimum Gasteiger partial charge on any atom is -0.453 e. The highest BCUT2D eigenvalue weighted by atomic mass is 16.5. The summed E-state index contributed by atoms with van der Waals surface area (Å²) in [6.07, 6.45) is 11.0. The van der Waals surface area contributed by atoms with E-state index in [0.717, 1.165) is 77.1 Å². The molecule has 2 aromatic carbocycles. The first-order valence-electron chi connectivity index (χ1n) is 20.8. The van der Waals surface area contributed by atoms with Gasteiger partial charge in [-0.3, -0.25) is 14.6 Å². The predicted molar refractivity (Wildman–Crippen MR) is 224 cm³/mol. The number of H-pyrrole nitrogens is 2. The Balaban J connectivity index is 0.928. The van der Waals surface area contributed by atoms with Crippen LogP contribution in [0.4, 0.5) is 4.79 Å². The number of aromatic nitrogens is 5. The largest absolute Gasteiger partial charge is 0.453 e. The van der Waals surface area contributed by atoms with Crippen LogP contribution in [-0.2, 0) is 19.1 Å². The number of likely N-dealkylation sites (tertiary alicyclic amines) is 1. The van der Waals surface area contributed by atoms with Crippen molar-refractivity contribution in [3.05, 3.63) is 103 Å². The Morgan fingerprint density at radius 1 is 0.780 bits per heavy atom. The normalized spacial score (nSPS) is 22.6. The molecule has 1 aliphatic heterocycles. The first-order valence-corrected chi connectivity index (χ1v) is 20.8. The van der Waals surface area contributed by atoms with Gasteiger partial charge in [0, 0.05) is 32.0 Å². The molecule has 1 saturated heterocycles. The van der Waals surface area contributed by atoms with E-state index in [-0.39, 0.29) is 41.7 Å². The lowest BCUT2D eigenvalue weighted by Gasteiger charge is -2.31. The molecule has 0 spiro atoms. The van der Waals surface area contributed by atoms with Crippen LogP contribution in [0.2, 0.25) is 0 Å². The Morgan fingerprint density at radius 2 is 1.41 bits per heavy atom. The van der Waals surface area contributed by atoms with Crippen LogP contribution in [0.25, 0.3) is 33.6 Å². The zero-order valence-electron chi connectivity index (χ0n) is 34.4. The molecule has 13 nitrogen and oxygen atoms in total. The summed E-state index contributed by atoms with van der Waals surface area (Å²) in [4.78, 5) is 62.4. The summed E-state index contributed by atoms with van der Waals surface area (Å²) < 4.78 is 10.2. The lowest BCUT2D eigenvalue weighted by Crippen LogP contribution is -2.54. The molecule has 8 atom stereocenters. The number of pyridine rings is 1. The number of carbonyl (C=O) groups excluding carboxylic acids is 3. The number of fused-ring (bicyclic) bond motifs is 2. The van der Waals surface area contributed by atoms with Crippen LogP contribution in [-0.4, -0.2) is 80.6 Å². The van der Waals surface area contributed by atoms with E-state index in [4.69, 9.17) is 14.5 Å². The van der Waals surface area contributed by atoms with Crippen LogP contribution >= 0.6 is 0 Å². The fourth-order valence-electron chi connectivity index (χ4n) is 9.69. The maximum atomic E-state index is 14.0. The van der Waals surface area contributed by atoms with E-state index in [0.29, 0.717) is 24.2 Å². The van der Waals surface area contributed by atoms with Crippen LogP contribution in [0.1, 0.15) is 88.1 Å². The number of hydrogen-bond donors (Lipinski definition) is 4. The van der Waals surface area contributed by atoms with Crippen molar-refractivity contribution in [1.82, 2.24) is 40.5 Å². The number of rotatable bonds is 13. The third-order valence-electron chi connectivity index (χ3n) is 12.9. The maximum absolute atomic E-state index is 14.0. The number of benzene rings is 2. The highest BCUT2D eigenvalue weighted by molar-refractivity contribution is 5.87. The minimum atomic E-state index is -0.887. The number of amides is 3. The van der Waals surface area contributed by atoms with Crippen LogP contribution in [0.3, 0.4) is 0 Å². The quantitative estimate of drug-likeness (QED) is 0.0946. The second-order valence-electron chi connectivity index (χ2n) is 16.7. The molecule has 2 unspecified atom stereocenters. The van der Waals surface area contributed by atoms with Gasteiger partial charge >= 0.3 is 6.09 Å². The molecular weight excluding hydrogens is 745 g/mol. The van der Waals surface area contributed by atoms with Crippen molar-refractivity contribution in [1.29, 1.82) is 0 Å². The molecule has 4 N–H and O–H groups in total. The number of hydrogen-bond acceptors (Lipinski definition) is 8. The first-order chi connectivity index (χ1) is 28.6. The molecule has 8 rings (SSSR count). The molecule has 2 bridgehead atoms. The van der Waals surface area contributed by atoms with E-state index >= 15 is 0 Å². The summed E-state index contributed by atoms with van der Waals surface area (Å²) in [6, 6.07) is 19.5. The Bertz CT molecular complexity index is 2240.